The summed E-state index contributed by atoms with van der Waals surface area (Å²) in [7, 11) is 0. The van der Waals surface area contributed by atoms with E-state index in [9.17, 15) is 0 Å². The van der Waals surface area contributed by atoms with E-state index in [1.54, 1.807) is 0 Å². The molecular weight excluding hydrogens is 180 g/mol. The van der Waals surface area contributed by atoms with Crippen molar-refractivity contribution in [3.63, 3.8) is 0 Å². The standard InChI is InChI=1S/C15H14/c1-11-5-4-8-14-9-12-6-2-3-7-13(12)10-15(11)14/h2-3,6-10H,4-5H2,1H3. The van der Waals surface area contributed by atoms with Gasteiger partial charge in [0.15, 0.2) is 0 Å². The number of hydrogen-bond acceptors (Lipinski definition) is 0. The van der Waals surface area contributed by atoms with E-state index < -0.39 is 0 Å². The first-order valence-corrected chi connectivity index (χ1v) is 5.53. The van der Waals surface area contributed by atoms with Crippen LogP contribution in [0.4, 0.5) is 0 Å². The molecule has 1 aliphatic carbocycles. The first kappa shape index (κ1) is 8.72. The highest BCUT2D eigenvalue weighted by Crippen LogP contribution is 2.12. The third-order valence-electron chi connectivity index (χ3n) is 3.26. The Hall–Kier alpha value is -1.56. The van der Waals surface area contributed by atoms with Crippen molar-refractivity contribution in [2.24, 2.45) is 0 Å². The Bertz CT molecular complexity index is 633. The van der Waals surface area contributed by atoms with E-state index in [0.29, 0.717) is 0 Å². The lowest BCUT2D eigenvalue weighted by atomic mass is 9.98. The van der Waals surface area contributed by atoms with Gasteiger partial charge in [-0.15, -0.1) is 0 Å². The highest BCUT2D eigenvalue weighted by atomic mass is 14.1. The molecule has 0 saturated heterocycles. The van der Waals surface area contributed by atoms with Gasteiger partial charge < -0.3 is 0 Å². The van der Waals surface area contributed by atoms with Crippen LogP contribution in [0.2, 0.25) is 0 Å². The molecule has 74 valence electrons. The molecule has 0 spiro atoms. The van der Waals surface area contributed by atoms with Crippen LogP contribution in [0.25, 0.3) is 22.4 Å². The second-order valence-electron chi connectivity index (χ2n) is 4.31. The molecule has 0 aliphatic heterocycles. The smallest absolute Gasteiger partial charge is 0.0178 e. The van der Waals surface area contributed by atoms with Gasteiger partial charge in [-0.1, -0.05) is 35.9 Å². The molecule has 0 unspecified atom stereocenters. The van der Waals surface area contributed by atoms with Gasteiger partial charge >= 0.3 is 0 Å². The van der Waals surface area contributed by atoms with Crippen LogP contribution in [0.15, 0.2) is 36.4 Å². The largest absolute Gasteiger partial charge is 0.0763 e. The lowest BCUT2D eigenvalue weighted by Gasteiger charge is -2.07. The van der Waals surface area contributed by atoms with Gasteiger partial charge in [0, 0.05) is 0 Å². The minimum Gasteiger partial charge on any atom is -0.0763 e. The zero-order valence-corrected chi connectivity index (χ0v) is 8.96. The van der Waals surface area contributed by atoms with E-state index in [1.165, 1.54) is 39.6 Å². The van der Waals surface area contributed by atoms with Crippen molar-refractivity contribution < 1.29 is 0 Å². The molecule has 2 aromatic rings. The topological polar surface area (TPSA) is 0 Å². The summed E-state index contributed by atoms with van der Waals surface area (Å²) in [5, 5.41) is 5.56. The van der Waals surface area contributed by atoms with Crippen molar-refractivity contribution in [2.45, 2.75) is 19.8 Å². The van der Waals surface area contributed by atoms with Crippen LogP contribution >= 0.6 is 0 Å². The number of benzene rings is 2. The maximum atomic E-state index is 2.36. The summed E-state index contributed by atoms with van der Waals surface area (Å²) in [6.45, 7) is 2.25. The monoisotopic (exact) mass is 194 g/mol. The molecule has 15 heavy (non-hydrogen) atoms. The fourth-order valence-corrected chi connectivity index (χ4v) is 2.38. The fraction of sp³-hybridized carbons (Fsp3) is 0.200. The molecule has 0 saturated carbocycles. The van der Waals surface area contributed by atoms with E-state index >= 15 is 0 Å². The molecule has 0 fully saturated rings. The molecule has 0 heterocycles. The van der Waals surface area contributed by atoms with Gasteiger partial charge in [0.05, 0.1) is 0 Å². The predicted octanol–water partition coefficient (Wildman–Crippen LogP) is 2.58. The molecular formula is C15H14. The van der Waals surface area contributed by atoms with E-state index in [1.807, 2.05) is 0 Å². The lowest BCUT2D eigenvalue weighted by Crippen LogP contribution is -2.28. The summed E-state index contributed by atoms with van der Waals surface area (Å²) >= 11 is 0. The molecule has 1 aliphatic rings. The highest BCUT2D eigenvalue weighted by Gasteiger charge is 2.01. The molecule has 0 N–H and O–H groups in total. The molecule has 0 heteroatoms. The third kappa shape index (κ3) is 1.37. The van der Waals surface area contributed by atoms with Crippen LogP contribution in [-0.2, 0) is 0 Å². The summed E-state index contributed by atoms with van der Waals surface area (Å²) in [4.78, 5) is 0. The minimum atomic E-state index is 1.19. The molecule has 0 amide bonds. The Morgan fingerprint density at radius 2 is 1.73 bits per heavy atom. The normalized spacial score (nSPS) is 14.9. The summed E-state index contributed by atoms with van der Waals surface area (Å²) in [5.41, 5.74) is 1.53. The van der Waals surface area contributed by atoms with Crippen LogP contribution in [0, 0.1) is 0 Å². The van der Waals surface area contributed by atoms with Crippen LogP contribution < -0.4 is 10.4 Å². The van der Waals surface area contributed by atoms with Crippen molar-refractivity contribution >= 4 is 22.4 Å². The highest BCUT2D eigenvalue weighted by molar-refractivity contribution is 5.83. The molecule has 0 radical (unpaired) electrons. The number of rotatable bonds is 0. The van der Waals surface area contributed by atoms with Gasteiger partial charge in [0.1, 0.15) is 0 Å². The number of fused-ring (bicyclic) bond motifs is 2. The third-order valence-corrected chi connectivity index (χ3v) is 3.26. The molecule has 0 atom stereocenters. The molecule has 0 aromatic heterocycles. The van der Waals surface area contributed by atoms with Crippen molar-refractivity contribution in [1.82, 2.24) is 0 Å². The summed E-state index contributed by atoms with van der Waals surface area (Å²) < 4.78 is 0. The summed E-state index contributed by atoms with van der Waals surface area (Å²) in [6, 6.07) is 13.2. The maximum Gasteiger partial charge on any atom is -0.0178 e. The fourth-order valence-electron chi connectivity index (χ4n) is 2.38. The average molecular weight is 194 g/mol. The maximum absolute atomic E-state index is 2.36. The van der Waals surface area contributed by atoms with Crippen molar-refractivity contribution in [2.75, 3.05) is 0 Å². The van der Waals surface area contributed by atoms with Gasteiger partial charge in [0.2, 0.25) is 0 Å². The molecule has 0 bridgehead atoms. The van der Waals surface area contributed by atoms with Crippen LogP contribution in [-0.4, -0.2) is 0 Å². The Balaban J connectivity index is 2.54. The Morgan fingerprint density at radius 1 is 1.00 bits per heavy atom. The zero-order chi connectivity index (χ0) is 10.3. The Kier molecular flexibility index (Phi) is 1.88. The Labute approximate surface area is 89.6 Å². The zero-order valence-electron chi connectivity index (χ0n) is 8.96. The van der Waals surface area contributed by atoms with Gasteiger partial charge in [-0.05, 0) is 53.1 Å². The summed E-state index contributed by atoms with van der Waals surface area (Å²) in [5.74, 6) is 0. The second kappa shape index (κ2) is 3.23. The first-order chi connectivity index (χ1) is 7.34. The predicted molar refractivity (Wildman–Crippen MR) is 66.0 cm³/mol. The molecule has 2 aromatic carbocycles. The van der Waals surface area contributed by atoms with Gasteiger partial charge in [-0.25, -0.2) is 0 Å². The van der Waals surface area contributed by atoms with E-state index in [4.69, 9.17) is 0 Å². The van der Waals surface area contributed by atoms with E-state index in [0.717, 1.165) is 0 Å². The molecule has 0 nitrogen and oxygen atoms in total. The van der Waals surface area contributed by atoms with Crippen LogP contribution in [0.1, 0.15) is 19.8 Å². The van der Waals surface area contributed by atoms with Gasteiger partial charge in [0.25, 0.3) is 0 Å². The first-order valence-electron chi connectivity index (χ1n) is 5.53. The van der Waals surface area contributed by atoms with Crippen molar-refractivity contribution in [3.8, 4) is 0 Å². The van der Waals surface area contributed by atoms with E-state index in [-0.39, 0.29) is 0 Å². The van der Waals surface area contributed by atoms with Crippen LogP contribution in [0.3, 0.4) is 0 Å². The number of hydrogen-bond donors (Lipinski definition) is 0. The van der Waals surface area contributed by atoms with Gasteiger partial charge in [-0.2, -0.15) is 0 Å². The van der Waals surface area contributed by atoms with E-state index in [2.05, 4.69) is 49.4 Å². The average Bonchev–Trinajstić information content (AvgIpc) is 2.27. The molecule has 3 rings (SSSR count). The SMILES string of the molecule is CC1=c2cc3ccccc3cc2=CCC1. The second-order valence-corrected chi connectivity index (χ2v) is 4.31. The van der Waals surface area contributed by atoms with Gasteiger partial charge in [-0.3, -0.25) is 0 Å². The Morgan fingerprint density at radius 3 is 2.53 bits per heavy atom. The summed E-state index contributed by atoms with van der Waals surface area (Å²) in [6.07, 6.45) is 4.76. The quantitative estimate of drug-likeness (QED) is 0.604. The lowest BCUT2D eigenvalue weighted by molar-refractivity contribution is 1.07. The van der Waals surface area contributed by atoms with Crippen molar-refractivity contribution in [3.05, 3.63) is 46.8 Å². The van der Waals surface area contributed by atoms with Crippen molar-refractivity contribution in [1.29, 1.82) is 0 Å². The van der Waals surface area contributed by atoms with Crippen LogP contribution in [0.5, 0.6) is 0 Å². The minimum absolute atomic E-state index is 1.19.